The van der Waals surface area contributed by atoms with E-state index in [0.29, 0.717) is 51.2 Å². The number of carbonyl (C=O) groups is 5. The van der Waals surface area contributed by atoms with Crippen LogP contribution in [0.1, 0.15) is 75.2 Å². The number of pyridine rings is 2. The van der Waals surface area contributed by atoms with E-state index < -0.39 is 23.6 Å². The van der Waals surface area contributed by atoms with Crippen LogP contribution in [0.2, 0.25) is 0 Å². The largest absolute Gasteiger partial charge is 0.494 e. The summed E-state index contributed by atoms with van der Waals surface area (Å²) in [6.45, 7) is 5.29. The molecule has 2 aromatic heterocycles. The number of halogens is 2. The van der Waals surface area contributed by atoms with E-state index in [1.807, 2.05) is 25.1 Å². The van der Waals surface area contributed by atoms with Gasteiger partial charge in [0.1, 0.15) is 11.8 Å². The van der Waals surface area contributed by atoms with Gasteiger partial charge in [0.25, 0.3) is 11.8 Å². The fraction of sp³-hybridized carbons (Fsp3) is 0.553. The molecule has 0 radical (unpaired) electrons. The lowest BCUT2D eigenvalue weighted by molar-refractivity contribution is -0.129. The molecule has 3 aromatic rings. The number of carbonyl (C=O) groups excluding carboxylic acids is 5. The Morgan fingerprint density at radius 3 is 2.19 bits per heavy atom. The van der Waals surface area contributed by atoms with Crippen LogP contribution < -0.4 is 26.0 Å². The highest BCUT2D eigenvalue weighted by molar-refractivity contribution is 5.98. The predicted molar refractivity (Wildman–Crippen MR) is 246 cm³/mol. The maximum Gasteiger partial charge on any atom is 0.267 e. The molecule has 1 aliphatic carbocycles. The number of likely N-dealkylation sites (tertiary alicyclic amines) is 1. The smallest absolute Gasteiger partial charge is 0.267 e. The summed E-state index contributed by atoms with van der Waals surface area (Å²) in [7, 11) is 4.45. The van der Waals surface area contributed by atoms with E-state index in [4.69, 9.17) is 29.8 Å². The van der Waals surface area contributed by atoms with E-state index in [-0.39, 0.29) is 86.7 Å². The van der Waals surface area contributed by atoms with Crippen molar-refractivity contribution in [2.24, 2.45) is 11.7 Å². The lowest BCUT2D eigenvalue weighted by atomic mass is 9.98. The minimum atomic E-state index is -0.940. The van der Waals surface area contributed by atoms with Crippen molar-refractivity contribution in [3.05, 3.63) is 84.4 Å². The van der Waals surface area contributed by atoms with Gasteiger partial charge in [-0.2, -0.15) is 4.39 Å². The monoisotopic (exact) mass is 946 g/mol. The first-order valence-corrected chi connectivity index (χ1v) is 22.5. The van der Waals surface area contributed by atoms with Crippen molar-refractivity contribution in [3.8, 4) is 5.75 Å². The molecule has 2 aliphatic rings. The SMILES string of the molecule is CCCC(OC)C(=O)N(CCNC(=O)CCOCCOCCOC1CCCCC1)c1ccnc(C(N)=O)c1.CN1CC(C(=O)NCCO)CC1=O.COc1cccc(F)c1F.c1ccncc1. The Balaban J connectivity index is 0.000000421. The predicted octanol–water partition coefficient (Wildman–Crippen LogP) is 3.85. The van der Waals surface area contributed by atoms with E-state index in [9.17, 15) is 32.8 Å². The third kappa shape index (κ3) is 23.6. The normalized spacial score (nSPS) is 14.8. The van der Waals surface area contributed by atoms with Gasteiger partial charge >= 0.3 is 0 Å². The highest BCUT2D eigenvalue weighted by Gasteiger charge is 2.31. The summed E-state index contributed by atoms with van der Waals surface area (Å²) in [4.78, 5) is 70.1. The third-order valence-electron chi connectivity index (χ3n) is 10.1. The van der Waals surface area contributed by atoms with Crippen LogP contribution in [-0.4, -0.2) is 149 Å². The Morgan fingerprint density at radius 2 is 1.63 bits per heavy atom. The van der Waals surface area contributed by atoms with Gasteiger partial charge < -0.3 is 55.0 Å². The second-order valence-electron chi connectivity index (χ2n) is 15.2. The van der Waals surface area contributed by atoms with Crippen LogP contribution in [0.4, 0.5) is 14.5 Å². The highest BCUT2D eigenvalue weighted by Crippen LogP contribution is 2.21. The van der Waals surface area contributed by atoms with E-state index >= 15 is 0 Å². The average molecular weight is 946 g/mol. The maximum atomic E-state index is 13.2. The van der Waals surface area contributed by atoms with Crippen molar-refractivity contribution >= 4 is 35.2 Å². The van der Waals surface area contributed by atoms with Gasteiger partial charge in [0.15, 0.2) is 11.6 Å². The molecule has 372 valence electrons. The van der Waals surface area contributed by atoms with Gasteiger partial charge in [-0.15, -0.1) is 0 Å². The van der Waals surface area contributed by atoms with Gasteiger partial charge in [0.05, 0.1) is 58.8 Å². The number of ether oxygens (including phenoxy) is 5. The third-order valence-corrected chi connectivity index (χ3v) is 10.1. The number of nitrogens with zero attached hydrogens (tertiary/aromatic N) is 4. The van der Waals surface area contributed by atoms with Gasteiger partial charge in [-0.25, -0.2) is 4.39 Å². The number of hydrogen-bond acceptors (Lipinski definition) is 13. The molecular formula is C47H69F2N7O11. The first-order valence-electron chi connectivity index (χ1n) is 22.5. The van der Waals surface area contributed by atoms with Crippen LogP contribution in [0, 0.1) is 17.6 Å². The van der Waals surface area contributed by atoms with E-state index in [1.165, 1.54) is 62.8 Å². The Hall–Kier alpha value is -5.67. The van der Waals surface area contributed by atoms with Crippen molar-refractivity contribution in [3.63, 3.8) is 0 Å². The number of aromatic nitrogens is 2. The topological polar surface area (TPSA) is 234 Å². The summed E-state index contributed by atoms with van der Waals surface area (Å²) >= 11 is 0. The molecule has 2 fully saturated rings. The van der Waals surface area contributed by atoms with E-state index in [1.54, 1.807) is 30.4 Å². The van der Waals surface area contributed by atoms with Crippen molar-refractivity contribution in [2.45, 2.75) is 76.9 Å². The second-order valence-corrected chi connectivity index (χ2v) is 15.2. The summed E-state index contributed by atoms with van der Waals surface area (Å²) < 4.78 is 51.5. The van der Waals surface area contributed by atoms with Crippen molar-refractivity contribution in [1.82, 2.24) is 25.5 Å². The maximum absolute atomic E-state index is 13.2. The Bertz CT molecular complexity index is 1850. The van der Waals surface area contributed by atoms with Crippen LogP contribution in [-0.2, 0) is 38.1 Å². The number of nitrogens with two attached hydrogens (primary N) is 1. The van der Waals surface area contributed by atoms with Gasteiger partial charge in [-0.05, 0) is 55.7 Å². The zero-order valence-electron chi connectivity index (χ0n) is 39.2. The molecule has 3 heterocycles. The number of aliphatic hydroxyl groups is 1. The molecule has 5 N–H and O–H groups in total. The van der Waals surface area contributed by atoms with Crippen LogP contribution in [0.5, 0.6) is 5.75 Å². The molecule has 5 amide bonds. The quantitative estimate of drug-likeness (QED) is 0.0991. The Kier molecular flexibility index (Phi) is 29.7. The lowest BCUT2D eigenvalue weighted by Gasteiger charge is -2.27. The summed E-state index contributed by atoms with van der Waals surface area (Å²) in [6, 6.07) is 12.6. The zero-order valence-corrected chi connectivity index (χ0v) is 39.2. The number of hydrogen-bond donors (Lipinski definition) is 4. The Morgan fingerprint density at radius 1 is 0.925 bits per heavy atom. The molecule has 1 saturated carbocycles. The van der Waals surface area contributed by atoms with Gasteiger partial charge in [0.2, 0.25) is 23.5 Å². The number of primary amides is 1. The van der Waals surface area contributed by atoms with Crippen molar-refractivity contribution < 1.29 is 61.5 Å². The van der Waals surface area contributed by atoms with Crippen LogP contribution in [0.25, 0.3) is 0 Å². The number of methoxy groups -OCH3 is 2. The fourth-order valence-corrected chi connectivity index (χ4v) is 6.57. The molecule has 2 atom stereocenters. The molecule has 18 nitrogen and oxygen atoms in total. The highest BCUT2D eigenvalue weighted by atomic mass is 19.2. The average Bonchev–Trinajstić information content (AvgIpc) is 3.69. The first kappa shape index (κ1) is 57.5. The van der Waals surface area contributed by atoms with Crippen molar-refractivity contribution in [2.75, 3.05) is 92.0 Å². The molecule has 0 bridgehead atoms. The standard InChI is InChI=1S/C27H44N4O7.C8H14N2O3.C7H6F2O.C5H5N/c1-3-7-24(35-2)27(34)31(21-10-12-29-23(20-21)26(28)33)14-13-30-25(32)11-15-36-16-17-37-18-19-38-22-8-5-4-6-9-22;1-10-5-6(4-7(10)12)8(13)9-2-3-11;1-10-6-4-2-3-5(8)7(6)9;1-2-4-6-5-3-1/h10,12,20,22,24H,3-9,11,13-19H2,1-2H3,(H2,28,33)(H,30,32);6,11H,2-5H2,1H3,(H,9,13);2-4H,1H3;1-5H. The van der Waals surface area contributed by atoms with E-state index in [2.05, 4.69) is 25.3 Å². The molecule has 2 unspecified atom stereocenters. The minimum absolute atomic E-state index is 0.00384. The molecule has 0 spiro atoms. The number of amides is 5. The molecule has 67 heavy (non-hydrogen) atoms. The first-order chi connectivity index (χ1) is 32.4. The van der Waals surface area contributed by atoms with E-state index in [0.717, 1.165) is 25.3 Å². The summed E-state index contributed by atoms with van der Waals surface area (Å²) in [5, 5.41) is 13.8. The number of nitrogens with one attached hydrogen (secondary N) is 2. The molecule has 5 rings (SSSR count). The molecular weight excluding hydrogens is 877 g/mol. The Labute approximate surface area is 392 Å². The van der Waals surface area contributed by atoms with Crippen LogP contribution in [0.15, 0.2) is 67.1 Å². The van der Waals surface area contributed by atoms with Crippen molar-refractivity contribution in [1.29, 1.82) is 0 Å². The number of aliphatic hydroxyl groups excluding tert-OH is 1. The van der Waals surface area contributed by atoms with Crippen LogP contribution >= 0.6 is 0 Å². The number of anilines is 1. The number of benzene rings is 1. The molecule has 1 aromatic carbocycles. The molecule has 1 saturated heterocycles. The minimum Gasteiger partial charge on any atom is -0.494 e. The van der Waals surface area contributed by atoms with Crippen LogP contribution in [0.3, 0.4) is 0 Å². The summed E-state index contributed by atoms with van der Waals surface area (Å²) in [5.74, 6) is -3.44. The van der Waals surface area contributed by atoms with Gasteiger partial charge in [-0.3, -0.25) is 33.9 Å². The van der Waals surface area contributed by atoms with Gasteiger partial charge in [0, 0.05) is 77.5 Å². The fourth-order valence-electron chi connectivity index (χ4n) is 6.57. The lowest BCUT2D eigenvalue weighted by Crippen LogP contribution is -2.44. The second kappa shape index (κ2) is 34.6. The molecule has 1 aliphatic heterocycles. The molecule has 20 heteroatoms. The van der Waals surface area contributed by atoms with Gasteiger partial charge in [-0.1, -0.05) is 44.7 Å². The summed E-state index contributed by atoms with van der Waals surface area (Å²) in [6.07, 6.45) is 12.5. The summed E-state index contributed by atoms with van der Waals surface area (Å²) in [5.41, 5.74) is 5.85. The zero-order chi connectivity index (χ0) is 49.2. The number of rotatable bonds is 23.